The summed E-state index contributed by atoms with van der Waals surface area (Å²) in [6, 6.07) is 6.05. The predicted octanol–water partition coefficient (Wildman–Crippen LogP) is 4.94. The standard InChI is InChI=1S/C19H21IO2/c1-18(10-11-21)8-3-9-19(2)15-12-14(17(20)22)5-4-13(15)6-7-16(18)19/h4-7,11-12,16H,3,8-10H2,1-2H3/t16-,18+,19?/m0/s1. The number of hydrogen-bond donors (Lipinski definition) is 0. The lowest BCUT2D eigenvalue weighted by Crippen LogP contribution is -2.47. The van der Waals surface area contributed by atoms with E-state index in [0.717, 1.165) is 31.1 Å². The number of carbonyl (C=O) groups excluding carboxylic acids is 2. The molecule has 0 saturated heterocycles. The van der Waals surface area contributed by atoms with Crippen molar-refractivity contribution in [1.29, 1.82) is 0 Å². The third-order valence-electron chi connectivity index (χ3n) is 5.79. The van der Waals surface area contributed by atoms with Gasteiger partial charge in [0.25, 0.3) is 0 Å². The van der Waals surface area contributed by atoms with Crippen LogP contribution in [0, 0.1) is 11.3 Å². The van der Waals surface area contributed by atoms with Gasteiger partial charge in [-0.25, -0.2) is 0 Å². The number of fused-ring (bicyclic) bond motifs is 3. The van der Waals surface area contributed by atoms with Crippen LogP contribution in [0.2, 0.25) is 0 Å². The molecule has 0 heterocycles. The molecular formula is C19H21IO2. The minimum atomic E-state index is 0.0161. The molecule has 3 atom stereocenters. The first-order valence-electron chi connectivity index (χ1n) is 7.87. The molecule has 1 aromatic carbocycles. The molecule has 2 aliphatic carbocycles. The lowest BCUT2D eigenvalue weighted by atomic mass is 9.51. The zero-order chi connectivity index (χ0) is 16.0. The molecule has 0 N–H and O–H groups in total. The first kappa shape index (κ1) is 15.9. The van der Waals surface area contributed by atoms with E-state index < -0.39 is 0 Å². The van der Waals surface area contributed by atoms with Crippen LogP contribution in [-0.4, -0.2) is 10.1 Å². The van der Waals surface area contributed by atoms with Crippen LogP contribution < -0.4 is 0 Å². The number of allylic oxidation sites excluding steroid dienone is 1. The maximum absolute atomic E-state index is 11.7. The second-order valence-electron chi connectivity index (χ2n) is 7.21. The average Bonchev–Trinajstić information content (AvgIpc) is 2.46. The Balaban J connectivity index is 2.13. The van der Waals surface area contributed by atoms with Gasteiger partial charge < -0.3 is 4.79 Å². The van der Waals surface area contributed by atoms with Gasteiger partial charge >= 0.3 is 0 Å². The Morgan fingerprint density at radius 2 is 2.14 bits per heavy atom. The Morgan fingerprint density at radius 1 is 1.36 bits per heavy atom. The molecule has 2 aliphatic rings. The highest BCUT2D eigenvalue weighted by atomic mass is 127. The number of carbonyl (C=O) groups is 2. The summed E-state index contributed by atoms with van der Waals surface area (Å²) in [6.45, 7) is 4.55. The Hall–Kier alpha value is -0.970. The second kappa shape index (κ2) is 5.59. The molecule has 2 nitrogen and oxygen atoms in total. The van der Waals surface area contributed by atoms with Crippen molar-refractivity contribution in [3.05, 3.63) is 41.0 Å². The summed E-state index contributed by atoms with van der Waals surface area (Å²) < 4.78 is 0.0848. The summed E-state index contributed by atoms with van der Waals surface area (Å²) in [7, 11) is 0. The predicted molar refractivity (Wildman–Crippen MR) is 97.3 cm³/mol. The molecule has 1 fully saturated rings. The summed E-state index contributed by atoms with van der Waals surface area (Å²) in [4.78, 5) is 22.9. The van der Waals surface area contributed by atoms with E-state index in [9.17, 15) is 9.59 Å². The van der Waals surface area contributed by atoms with Gasteiger partial charge in [-0.15, -0.1) is 0 Å². The Morgan fingerprint density at radius 3 is 2.82 bits per heavy atom. The first-order valence-corrected chi connectivity index (χ1v) is 8.95. The summed E-state index contributed by atoms with van der Waals surface area (Å²) >= 11 is 1.85. The van der Waals surface area contributed by atoms with E-state index >= 15 is 0 Å². The van der Waals surface area contributed by atoms with Gasteiger partial charge in [0.1, 0.15) is 6.29 Å². The molecule has 0 bridgehead atoms. The van der Waals surface area contributed by atoms with Crippen molar-refractivity contribution in [2.75, 3.05) is 0 Å². The monoisotopic (exact) mass is 408 g/mol. The SMILES string of the molecule is CC12CCC[C@](C)(CC=O)[C@@H]1C=Cc1ccc(C(=O)I)cc12. The van der Waals surface area contributed by atoms with Crippen LogP contribution in [0.1, 0.15) is 61.0 Å². The molecule has 0 aliphatic heterocycles. The average molecular weight is 408 g/mol. The molecule has 0 radical (unpaired) electrons. The van der Waals surface area contributed by atoms with Gasteiger partial charge in [0.05, 0.1) is 0 Å². The highest BCUT2D eigenvalue weighted by Gasteiger charge is 2.50. The minimum Gasteiger partial charge on any atom is -0.303 e. The van der Waals surface area contributed by atoms with Crippen LogP contribution >= 0.6 is 22.6 Å². The van der Waals surface area contributed by atoms with E-state index in [2.05, 4.69) is 38.1 Å². The van der Waals surface area contributed by atoms with E-state index in [4.69, 9.17) is 0 Å². The fraction of sp³-hybridized carbons (Fsp3) is 0.474. The maximum Gasteiger partial charge on any atom is 0.222 e. The van der Waals surface area contributed by atoms with Crippen LogP contribution in [-0.2, 0) is 10.2 Å². The number of rotatable bonds is 3. The summed E-state index contributed by atoms with van der Waals surface area (Å²) in [6.07, 6.45) is 9.50. The molecule has 1 aromatic rings. The van der Waals surface area contributed by atoms with Crippen LogP contribution in [0.25, 0.3) is 6.08 Å². The Kier molecular flexibility index (Phi) is 4.04. The van der Waals surface area contributed by atoms with Gasteiger partial charge in [-0.2, -0.15) is 0 Å². The summed E-state index contributed by atoms with van der Waals surface area (Å²) in [5, 5.41) is 0. The molecule has 0 spiro atoms. The van der Waals surface area contributed by atoms with Crippen LogP contribution in [0.15, 0.2) is 24.3 Å². The zero-order valence-corrected chi connectivity index (χ0v) is 15.2. The van der Waals surface area contributed by atoms with Crippen molar-refractivity contribution in [2.24, 2.45) is 11.3 Å². The molecule has 0 amide bonds. The van der Waals surface area contributed by atoms with Gasteiger partial charge in [-0.1, -0.05) is 38.5 Å². The van der Waals surface area contributed by atoms with Gasteiger partial charge in [0.2, 0.25) is 3.79 Å². The van der Waals surface area contributed by atoms with Gasteiger partial charge in [0.15, 0.2) is 0 Å². The van der Waals surface area contributed by atoms with Crippen LogP contribution in [0.4, 0.5) is 0 Å². The quantitative estimate of drug-likeness (QED) is 0.403. The normalized spacial score (nSPS) is 33.0. The van der Waals surface area contributed by atoms with E-state index in [-0.39, 0.29) is 14.6 Å². The fourth-order valence-electron chi connectivity index (χ4n) is 4.62. The number of aldehydes is 1. The van der Waals surface area contributed by atoms with Gasteiger partial charge in [-0.3, -0.25) is 4.79 Å². The van der Waals surface area contributed by atoms with Gasteiger partial charge in [0, 0.05) is 34.6 Å². The number of halogens is 1. The van der Waals surface area contributed by atoms with Crippen LogP contribution in [0.5, 0.6) is 0 Å². The highest BCUT2D eigenvalue weighted by molar-refractivity contribution is 14.1. The lowest BCUT2D eigenvalue weighted by Gasteiger charge is -2.53. The maximum atomic E-state index is 11.7. The van der Waals surface area contributed by atoms with E-state index in [1.165, 1.54) is 11.1 Å². The van der Waals surface area contributed by atoms with E-state index in [1.54, 1.807) is 0 Å². The second-order valence-corrected chi connectivity index (χ2v) is 8.19. The molecule has 116 valence electrons. The summed E-state index contributed by atoms with van der Waals surface area (Å²) in [5.41, 5.74) is 3.31. The minimum absolute atomic E-state index is 0.0161. The molecular weight excluding hydrogens is 387 g/mol. The van der Waals surface area contributed by atoms with Crippen molar-refractivity contribution in [3.8, 4) is 0 Å². The molecule has 3 rings (SSSR count). The Bertz CT molecular complexity index is 663. The van der Waals surface area contributed by atoms with Crippen molar-refractivity contribution in [1.82, 2.24) is 0 Å². The van der Waals surface area contributed by atoms with Crippen molar-refractivity contribution < 1.29 is 9.59 Å². The lowest BCUT2D eigenvalue weighted by molar-refractivity contribution is -0.111. The van der Waals surface area contributed by atoms with Crippen LogP contribution in [0.3, 0.4) is 0 Å². The molecule has 3 heteroatoms. The third kappa shape index (κ3) is 2.38. The first-order chi connectivity index (χ1) is 10.4. The molecule has 1 unspecified atom stereocenters. The van der Waals surface area contributed by atoms with E-state index in [1.807, 2.05) is 28.7 Å². The number of benzene rings is 1. The van der Waals surface area contributed by atoms with Crippen molar-refractivity contribution in [2.45, 2.75) is 44.9 Å². The van der Waals surface area contributed by atoms with Gasteiger partial charge in [-0.05, 0) is 52.8 Å². The Labute approximate surface area is 145 Å². The summed E-state index contributed by atoms with van der Waals surface area (Å²) in [5.74, 6) is 0.353. The highest BCUT2D eigenvalue weighted by Crippen LogP contribution is 2.57. The zero-order valence-electron chi connectivity index (χ0n) is 13.1. The molecule has 22 heavy (non-hydrogen) atoms. The topological polar surface area (TPSA) is 34.1 Å². The molecule has 0 aromatic heterocycles. The molecule has 1 saturated carbocycles. The van der Waals surface area contributed by atoms with Crippen molar-refractivity contribution in [3.63, 3.8) is 0 Å². The number of hydrogen-bond acceptors (Lipinski definition) is 2. The largest absolute Gasteiger partial charge is 0.303 e. The van der Waals surface area contributed by atoms with E-state index in [0.29, 0.717) is 12.3 Å². The van der Waals surface area contributed by atoms with Crippen molar-refractivity contribution >= 4 is 38.7 Å². The fourth-order valence-corrected chi connectivity index (χ4v) is 4.96. The third-order valence-corrected chi connectivity index (χ3v) is 6.42. The smallest absolute Gasteiger partial charge is 0.222 e.